The Morgan fingerprint density at radius 3 is 2.41 bits per heavy atom. The average Bonchev–Trinajstić information content (AvgIpc) is 2.61. The van der Waals surface area contributed by atoms with Crippen molar-refractivity contribution in [3.8, 4) is 0 Å². The Bertz CT molecular complexity index is 803. The quantitative estimate of drug-likeness (QED) is 0.688. The Kier molecular flexibility index (Phi) is 5.63. The molecule has 0 spiro atoms. The van der Waals surface area contributed by atoms with Crippen molar-refractivity contribution < 1.29 is 14.6 Å². The van der Waals surface area contributed by atoms with Crippen LogP contribution in [0.25, 0.3) is 0 Å². The van der Waals surface area contributed by atoms with Crippen LogP contribution in [0.15, 0.2) is 59.1 Å². The van der Waals surface area contributed by atoms with Crippen molar-refractivity contribution >= 4 is 22.0 Å². The minimum Gasteiger partial charge on any atom is -0.438 e. The zero-order chi connectivity index (χ0) is 19.7. The summed E-state index contributed by atoms with van der Waals surface area (Å²) < 4.78 is 7.02. The number of amides is 1. The van der Waals surface area contributed by atoms with Crippen LogP contribution in [0, 0.1) is 0 Å². The fraction of sp³-hybridized carbons (Fsp3) is 0.409. The first kappa shape index (κ1) is 19.9. The Labute approximate surface area is 169 Å². The fourth-order valence-electron chi connectivity index (χ4n) is 3.87. The fourth-order valence-corrected chi connectivity index (χ4v) is 4.49. The number of carbonyl (C=O) groups excluding carboxylic acids is 1. The number of rotatable bonds is 5. The molecule has 1 aliphatic heterocycles. The number of benzene rings is 2. The summed E-state index contributed by atoms with van der Waals surface area (Å²) in [5.41, 5.74) is 0.199. The number of nitrogens with zero attached hydrogens (tertiary/aromatic N) is 1. The average molecular weight is 432 g/mol. The smallest absolute Gasteiger partial charge is 0.411 e. The minimum absolute atomic E-state index is 0.107. The molecule has 144 valence electrons. The SMILES string of the molecule is CC(c1ccccc1Br)N1CC[C@](CC(C)(C)O)(c2ccccc2)OC1=O. The van der Waals surface area contributed by atoms with Gasteiger partial charge in [0.15, 0.2) is 0 Å². The molecule has 1 unspecified atom stereocenters. The van der Waals surface area contributed by atoms with Gasteiger partial charge in [-0.25, -0.2) is 4.79 Å². The van der Waals surface area contributed by atoms with E-state index in [1.807, 2.05) is 61.5 Å². The van der Waals surface area contributed by atoms with Gasteiger partial charge < -0.3 is 14.7 Å². The molecule has 2 atom stereocenters. The van der Waals surface area contributed by atoms with E-state index in [4.69, 9.17) is 4.74 Å². The van der Waals surface area contributed by atoms with Crippen molar-refractivity contribution in [3.05, 3.63) is 70.2 Å². The van der Waals surface area contributed by atoms with Gasteiger partial charge in [0.25, 0.3) is 0 Å². The third-order valence-electron chi connectivity index (χ3n) is 5.11. The third-order valence-corrected chi connectivity index (χ3v) is 5.84. The van der Waals surface area contributed by atoms with Gasteiger partial charge in [-0.15, -0.1) is 0 Å². The van der Waals surface area contributed by atoms with Gasteiger partial charge in [0.1, 0.15) is 5.60 Å². The van der Waals surface area contributed by atoms with Crippen LogP contribution in [-0.2, 0) is 10.3 Å². The van der Waals surface area contributed by atoms with E-state index in [9.17, 15) is 9.90 Å². The number of aliphatic hydroxyl groups is 1. The lowest BCUT2D eigenvalue weighted by molar-refractivity contribution is -0.101. The third kappa shape index (κ3) is 4.36. The van der Waals surface area contributed by atoms with Crippen molar-refractivity contribution in [1.82, 2.24) is 4.90 Å². The highest BCUT2D eigenvalue weighted by atomic mass is 79.9. The summed E-state index contributed by atoms with van der Waals surface area (Å²) in [6, 6.07) is 17.5. The van der Waals surface area contributed by atoms with Crippen LogP contribution >= 0.6 is 15.9 Å². The van der Waals surface area contributed by atoms with Crippen LogP contribution in [0.1, 0.15) is 50.8 Å². The van der Waals surface area contributed by atoms with Crippen LogP contribution in [0.3, 0.4) is 0 Å². The Balaban J connectivity index is 1.88. The van der Waals surface area contributed by atoms with E-state index in [2.05, 4.69) is 15.9 Å². The molecule has 0 aliphatic carbocycles. The lowest BCUT2D eigenvalue weighted by atomic mass is 9.80. The molecular weight excluding hydrogens is 406 g/mol. The summed E-state index contributed by atoms with van der Waals surface area (Å²) in [5, 5.41) is 10.5. The summed E-state index contributed by atoms with van der Waals surface area (Å²) in [6.45, 7) is 6.07. The topological polar surface area (TPSA) is 49.8 Å². The number of ether oxygens (including phenoxy) is 1. The number of carbonyl (C=O) groups is 1. The molecule has 1 heterocycles. The van der Waals surface area contributed by atoms with Gasteiger partial charge in [0.05, 0.1) is 11.6 Å². The van der Waals surface area contributed by atoms with E-state index >= 15 is 0 Å². The zero-order valence-electron chi connectivity index (χ0n) is 16.0. The van der Waals surface area contributed by atoms with Crippen LogP contribution in [0.4, 0.5) is 4.79 Å². The lowest BCUT2D eigenvalue weighted by Crippen LogP contribution is -2.51. The van der Waals surface area contributed by atoms with Crippen LogP contribution in [0.2, 0.25) is 0 Å². The lowest BCUT2D eigenvalue weighted by Gasteiger charge is -2.45. The summed E-state index contributed by atoms with van der Waals surface area (Å²) in [7, 11) is 0. The van der Waals surface area contributed by atoms with E-state index in [-0.39, 0.29) is 12.1 Å². The van der Waals surface area contributed by atoms with E-state index in [0.29, 0.717) is 19.4 Å². The highest BCUT2D eigenvalue weighted by Gasteiger charge is 2.46. The van der Waals surface area contributed by atoms with Crippen molar-refractivity contribution in [2.45, 2.75) is 50.9 Å². The Morgan fingerprint density at radius 2 is 1.81 bits per heavy atom. The van der Waals surface area contributed by atoms with E-state index < -0.39 is 11.2 Å². The number of halogens is 1. The molecule has 0 aromatic heterocycles. The molecule has 5 heteroatoms. The van der Waals surface area contributed by atoms with Gasteiger partial charge in [-0.1, -0.05) is 64.5 Å². The van der Waals surface area contributed by atoms with Gasteiger partial charge >= 0.3 is 6.09 Å². The minimum atomic E-state index is -0.952. The van der Waals surface area contributed by atoms with Crippen molar-refractivity contribution in [2.75, 3.05) is 6.54 Å². The van der Waals surface area contributed by atoms with Gasteiger partial charge in [-0.05, 0) is 38.0 Å². The molecule has 4 nitrogen and oxygen atoms in total. The second-order valence-corrected chi connectivity index (χ2v) is 8.71. The second-order valence-electron chi connectivity index (χ2n) is 7.86. The molecule has 3 rings (SSSR count). The van der Waals surface area contributed by atoms with Crippen molar-refractivity contribution in [1.29, 1.82) is 0 Å². The number of cyclic esters (lactones) is 1. The van der Waals surface area contributed by atoms with Gasteiger partial charge in [0.2, 0.25) is 0 Å². The largest absolute Gasteiger partial charge is 0.438 e. The molecular formula is C22H26BrNO3. The van der Waals surface area contributed by atoms with E-state index in [1.54, 1.807) is 18.7 Å². The molecule has 1 fully saturated rings. The first-order valence-electron chi connectivity index (χ1n) is 9.24. The zero-order valence-corrected chi connectivity index (χ0v) is 17.6. The van der Waals surface area contributed by atoms with Crippen molar-refractivity contribution in [3.63, 3.8) is 0 Å². The number of hydrogen-bond donors (Lipinski definition) is 1. The maximum Gasteiger partial charge on any atom is 0.411 e. The number of hydrogen-bond acceptors (Lipinski definition) is 3. The van der Waals surface area contributed by atoms with Gasteiger partial charge in [0, 0.05) is 23.9 Å². The van der Waals surface area contributed by atoms with Crippen LogP contribution < -0.4 is 0 Å². The Hall–Kier alpha value is -1.85. The molecule has 27 heavy (non-hydrogen) atoms. The van der Waals surface area contributed by atoms with Crippen molar-refractivity contribution in [2.24, 2.45) is 0 Å². The first-order chi connectivity index (χ1) is 12.7. The Morgan fingerprint density at radius 1 is 1.19 bits per heavy atom. The monoisotopic (exact) mass is 431 g/mol. The standard InChI is InChI=1S/C22H26BrNO3/c1-16(18-11-7-8-12-19(18)23)24-14-13-22(27-20(24)25,15-21(2,3)26)17-9-5-4-6-10-17/h4-12,16,26H,13-15H2,1-3H3/t16?,22-/m0/s1. The molecule has 0 saturated carbocycles. The summed E-state index contributed by atoms with van der Waals surface area (Å²) in [5.74, 6) is 0. The molecule has 0 radical (unpaired) electrons. The molecule has 2 aromatic rings. The summed E-state index contributed by atoms with van der Waals surface area (Å²) in [6.07, 6.45) is 0.631. The predicted molar refractivity (Wildman–Crippen MR) is 109 cm³/mol. The predicted octanol–water partition coefficient (Wildman–Crippen LogP) is 5.41. The molecule has 1 saturated heterocycles. The highest BCUT2D eigenvalue weighted by Crippen LogP contribution is 2.42. The van der Waals surface area contributed by atoms with Gasteiger partial charge in [-0.2, -0.15) is 0 Å². The normalized spacial score (nSPS) is 21.7. The van der Waals surface area contributed by atoms with Crippen LogP contribution in [0.5, 0.6) is 0 Å². The second kappa shape index (κ2) is 7.64. The molecule has 1 aliphatic rings. The molecule has 2 aromatic carbocycles. The maximum absolute atomic E-state index is 13.0. The highest BCUT2D eigenvalue weighted by molar-refractivity contribution is 9.10. The molecule has 0 bridgehead atoms. The van der Waals surface area contributed by atoms with E-state index in [0.717, 1.165) is 15.6 Å². The molecule has 1 N–H and O–H groups in total. The maximum atomic E-state index is 13.0. The van der Waals surface area contributed by atoms with E-state index in [1.165, 1.54) is 0 Å². The molecule has 1 amide bonds. The first-order valence-corrected chi connectivity index (χ1v) is 10.0. The summed E-state index contributed by atoms with van der Waals surface area (Å²) in [4.78, 5) is 14.8. The van der Waals surface area contributed by atoms with Crippen LogP contribution in [-0.4, -0.2) is 28.2 Å². The van der Waals surface area contributed by atoms with Gasteiger partial charge in [-0.3, -0.25) is 0 Å². The summed E-state index contributed by atoms with van der Waals surface area (Å²) >= 11 is 3.57.